The van der Waals surface area contributed by atoms with Gasteiger partial charge in [0.15, 0.2) is 0 Å². The quantitative estimate of drug-likeness (QED) is 0.186. The number of esters is 2. The van der Waals surface area contributed by atoms with Crippen LogP contribution in [0.15, 0.2) is 0 Å². The number of hydrogen-bond donors (Lipinski definition) is 0. The standard InChI is InChI=1S/C23H44O4/c1-4-5-6-7-8-9-10-11-12-13-19-26-22(24)17-14-18-23(25)27-20-15-16-21(2)3/h21H,4-20H2,1-3H3. The molecule has 0 bridgehead atoms. The highest BCUT2D eigenvalue weighted by molar-refractivity contribution is 5.72. The average molecular weight is 385 g/mol. The van der Waals surface area contributed by atoms with Crippen molar-refractivity contribution in [1.29, 1.82) is 0 Å². The molecule has 0 amide bonds. The van der Waals surface area contributed by atoms with Crippen LogP contribution in [0.5, 0.6) is 0 Å². The van der Waals surface area contributed by atoms with E-state index in [-0.39, 0.29) is 11.9 Å². The van der Waals surface area contributed by atoms with E-state index in [0.717, 1.165) is 25.7 Å². The fourth-order valence-corrected chi connectivity index (χ4v) is 2.97. The van der Waals surface area contributed by atoms with Crippen molar-refractivity contribution in [2.24, 2.45) is 5.92 Å². The summed E-state index contributed by atoms with van der Waals surface area (Å²) in [6.07, 6.45) is 15.8. The summed E-state index contributed by atoms with van der Waals surface area (Å²) in [5, 5.41) is 0. The highest BCUT2D eigenvalue weighted by Gasteiger charge is 2.07. The molecule has 0 spiro atoms. The Bertz CT molecular complexity index is 352. The molecule has 0 aliphatic heterocycles. The maximum Gasteiger partial charge on any atom is 0.305 e. The van der Waals surface area contributed by atoms with E-state index in [9.17, 15) is 9.59 Å². The van der Waals surface area contributed by atoms with E-state index in [1.165, 1.54) is 51.4 Å². The Morgan fingerprint density at radius 3 is 1.56 bits per heavy atom. The van der Waals surface area contributed by atoms with E-state index in [1.807, 2.05) is 0 Å². The third-order valence-corrected chi connectivity index (χ3v) is 4.71. The van der Waals surface area contributed by atoms with E-state index in [4.69, 9.17) is 9.47 Å². The first kappa shape index (κ1) is 25.9. The molecule has 0 saturated carbocycles. The average Bonchev–Trinajstić information content (AvgIpc) is 2.63. The summed E-state index contributed by atoms with van der Waals surface area (Å²) < 4.78 is 10.4. The van der Waals surface area contributed by atoms with Crippen molar-refractivity contribution in [2.75, 3.05) is 13.2 Å². The lowest BCUT2D eigenvalue weighted by Gasteiger charge is -2.07. The van der Waals surface area contributed by atoms with Gasteiger partial charge in [0.2, 0.25) is 0 Å². The van der Waals surface area contributed by atoms with E-state index < -0.39 is 0 Å². The number of hydrogen-bond acceptors (Lipinski definition) is 4. The molecule has 160 valence electrons. The fourth-order valence-electron chi connectivity index (χ4n) is 2.97. The van der Waals surface area contributed by atoms with Gasteiger partial charge in [0.05, 0.1) is 13.2 Å². The molecule has 0 aliphatic rings. The first-order valence-corrected chi connectivity index (χ1v) is 11.4. The van der Waals surface area contributed by atoms with E-state index >= 15 is 0 Å². The van der Waals surface area contributed by atoms with Gasteiger partial charge >= 0.3 is 11.9 Å². The van der Waals surface area contributed by atoms with Crippen molar-refractivity contribution < 1.29 is 19.1 Å². The van der Waals surface area contributed by atoms with Crippen LogP contribution in [0.2, 0.25) is 0 Å². The molecule has 4 nitrogen and oxygen atoms in total. The third-order valence-electron chi connectivity index (χ3n) is 4.71. The molecule has 0 aromatic rings. The van der Waals surface area contributed by atoms with Crippen molar-refractivity contribution in [3.8, 4) is 0 Å². The zero-order chi connectivity index (χ0) is 20.2. The van der Waals surface area contributed by atoms with Gasteiger partial charge in [0.25, 0.3) is 0 Å². The van der Waals surface area contributed by atoms with E-state index in [1.54, 1.807) is 0 Å². The molecule has 0 aromatic carbocycles. The molecular weight excluding hydrogens is 340 g/mol. The fraction of sp³-hybridized carbons (Fsp3) is 0.913. The van der Waals surface area contributed by atoms with Crippen LogP contribution >= 0.6 is 0 Å². The van der Waals surface area contributed by atoms with Crippen LogP contribution in [0.1, 0.15) is 117 Å². The summed E-state index contributed by atoms with van der Waals surface area (Å²) in [5.41, 5.74) is 0. The van der Waals surface area contributed by atoms with Gasteiger partial charge in [-0.1, -0.05) is 78.6 Å². The second-order valence-electron chi connectivity index (χ2n) is 8.01. The lowest BCUT2D eigenvalue weighted by atomic mass is 10.1. The van der Waals surface area contributed by atoms with Gasteiger partial charge in [-0.3, -0.25) is 9.59 Å². The Balaban J connectivity index is 3.31. The van der Waals surface area contributed by atoms with Crippen LogP contribution in [0.4, 0.5) is 0 Å². The van der Waals surface area contributed by atoms with Gasteiger partial charge < -0.3 is 9.47 Å². The van der Waals surface area contributed by atoms with E-state index in [2.05, 4.69) is 20.8 Å². The van der Waals surface area contributed by atoms with Crippen LogP contribution in [0.25, 0.3) is 0 Å². The van der Waals surface area contributed by atoms with Gasteiger partial charge in [-0.15, -0.1) is 0 Å². The van der Waals surface area contributed by atoms with Crippen molar-refractivity contribution >= 4 is 11.9 Å². The Labute approximate surface area is 167 Å². The predicted molar refractivity (Wildman–Crippen MR) is 112 cm³/mol. The number of unbranched alkanes of at least 4 members (excludes halogenated alkanes) is 9. The minimum absolute atomic E-state index is 0.196. The van der Waals surface area contributed by atoms with Gasteiger partial charge in [0, 0.05) is 12.8 Å². The van der Waals surface area contributed by atoms with Crippen molar-refractivity contribution in [3.05, 3.63) is 0 Å². The smallest absolute Gasteiger partial charge is 0.305 e. The summed E-state index contributed by atoms with van der Waals surface area (Å²) >= 11 is 0. The lowest BCUT2D eigenvalue weighted by Crippen LogP contribution is -2.09. The Hall–Kier alpha value is -1.06. The molecule has 0 rings (SSSR count). The number of carbonyl (C=O) groups excluding carboxylic acids is 2. The Kier molecular flexibility index (Phi) is 18.9. The molecule has 0 unspecified atom stereocenters. The predicted octanol–water partition coefficient (Wildman–Crippen LogP) is 6.60. The maximum absolute atomic E-state index is 11.6. The van der Waals surface area contributed by atoms with Gasteiger partial charge in [0.1, 0.15) is 0 Å². The molecule has 0 heterocycles. The maximum atomic E-state index is 11.6. The molecule has 0 saturated heterocycles. The highest BCUT2D eigenvalue weighted by Crippen LogP contribution is 2.11. The zero-order valence-electron chi connectivity index (χ0n) is 18.2. The molecular formula is C23H44O4. The summed E-state index contributed by atoms with van der Waals surface area (Å²) in [7, 11) is 0. The van der Waals surface area contributed by atoms with Crippen LogP contribution in [0, 0.1) is 5.92 Å². The highest BCUT2D eigenvalue weighted by atomic mass is 16.5. The summed E-state index contributed by atoms with van der Waals surface area (Å²) in [6, 6.07) is 0. The lowest BCUT2D eigenvalue weighted by molar-refractivity contribution is -0.145. The summed E-state index contributed by atoms with van der Waals surface area (Å²) in [4.78, 5) is 23.2. The van der Waals surface area contributed by atoms with Crippen molar-refractivity contribution in [2.45, 2.75) is 117 Å². The van der Waals surface area contributed by atoms with Gasteiger partial charge in [-0.05, 0) is 31.6 Å². The molecule has 4 heteroatoms. The van der Waals surface area contributed by atoms with Crippen molar-refractivity contribution in [3.63, 3.8) is 0 Å². The molecule has 0 aromatic heterocycles. The number of carbonyl (C=O) groups is 2. The first-order chi connectivity index (χ1) is 13.1. The minimum atomic E-state index is -0.207. The molecule has 0 aliphatic carbocycles. The zero-order valence-corrected chi connectivity index (χ0v) is 18.2. The summed E-state index contributed by atoms with van der Waals surface area (Å²) in [6.45, 7) is 7.55. The first-order valence-electron chi connectivity index (χ1n) is 11.4. The molecule has 27 heavy (non-hydrogen) atoms. The molecule has 0 fully saturated rings. The number of ether oxygens (including phenoxy) is 2. The van der Waals surface area contributed by atoms with Crippen LogP contribution < -0.4 is 0 Å². The second kappa shape index (κ2) is 19.7. The molecule has 0 N–H and O–H groups in total. The topological polar surface area (TPSA) is 52.6 Å². The van der Waals surface area contributed by atoms with E-state index in [0.29, 0.717) is 38.4 Å². The summed E-state index contributed by atoms with van der Waals surface area (Å²) in [5.74, 6) is 0.230. The number of rotatable bonds is 19. The van der Waals surface area contributed by atoms with Crippen LogP contribution in [-0.2, 0) is 19.1 Å². The van der Waals surface area contributed by atoms with Gasteiger partial charge in [-0.2, -0.15) is 0 Å². The largest absolute Gasteiger partial charge is 0.466 e. The Morgan fingerprint density at radius 2 is 1.07 bits per heavy atom. The van der Waals surface area contributed by atoms with Gasteiger partial charge in [-0.25, -0.2) is 0 Å². The van der Waals surface area contributed by atoms with Crippen LogP contribution in [0.3, 0.4) is 0 Å². The van der Waals surface area contributed by atoms with Crippen LogP contribution in [-0.4, -0.2) is 25.2 Å². The minimum Gasteiger partial charge on any atom is -0.466 e. The third kappa shape index (κ3) is 21.1. The van der Waals surface area contributed by atoms with Crippen molar-refractivity contribution in [1.82, 2.24) is 0 Å². The second-order valence-corrected chi connectivity index (χ2v) is 8.01. The molecule has 0 radical (unpaired) electrons. The molecule has 0 atom stereocenters. The monoisotopic (exact) mass is 384 g/mol. The SMILES string of the molecule is CCCCCCCCCCCCOC(=O)CCCC(=O)OCCCC(C)C. The Morgan fingerprint density at radius 1 is 0.630 bits per heavy atom. The normalized spacial score (nSPS) is 11.0.